The van der Waals surface area contributed by atoms with Crippen molar-refractivity contribution in [2.45, 2.75) is 25.7 Å². The highest BCUT2D eigenvalue weighted by Crippen LogP contribution is 2.38. The normalized spacial score (nSPS) is 10.9. The Morgan fingerprint density at radius 1 is 0.444 bits per heavy atom. The molecule has 0 aliphatic rings. The number of ether oxygens (including phenoxy) is 2. The second-order valence-electron chi connectivity index (χ2n) is 12.2. The quantitative estimate of drug-likeness (QED) is 0.0522. The van der Waals surface area contributed by atoms with Gasteiger partial charge in [-0.3, -0.25) is 20.2 Å². The number of rotatable bonds is 12. The van der Waals surface area contributed by atoms with Crippen LogP contribution in [0.1, 0.15) is 44.5 Å². The standard InChI is InChI=1S/C41H28Cl4N2O7/c42-35-13-5-1-9-25(35)17-29-21-33(46(49)50)22-30(18-26-10-2-6-14-36(26)43)39(29)53-41(48)54-40-31(19-27-11-3-7-15-37(27)44)23-34(47(51)52)24-32(40)20-28-12-4-8-16-38(28)45/h1-16,21-24H,17-20H2. The summed E-state index contributed by atoms with van der Waals surface area (Å²) in [7, 11) is 0. The van der Waals surface area contributed by atoms with Crippen molar-refractivity contribution in [1.82, 2.24) is 0 Å². The molecule has 0 saturated carbocycles. The molecule has 0 aromatic heterocycles. The lowest BCUT2D eigenvalue weighted by Gasteiger charge is -2.19. The van der Waals surface area contributed by atoms with Crippen molar-refractivity contribution in [2.24, 2.45) is 0 Å². The third kappa shape index (κ3) is 9.18. The third-order valence-electron chi connectivity index (χ3n) is 8.60. The molecule has 54 heavy (non-hydrogen) atoms. The van der Waals surface area contributed by atoms with Gasteiger partial charge in [-0.05, 0) is 46.5 Å². The van der Waals surface area contributed by atoms with Crippen molar-refractivity contribution < 1.29 is 24.1 Å². The fourth-order valence-corrected chi connectivity index (χ4v) is 6.86. The van der Waals surface area contributed by atoms with Gasteiger partial charge in [0.2, 0.25) is 0 Å². The zero-order valence-corrected chi connectivity index (χ0v) is 31.2. The number of carbonyl (C=O) groups excluding carboxylic acids is 1. The van der Waals surface area contributed by atoms with E-state index >= 15 is 0 Å². The van der Waals surface area contributed by atoms with Crippen molar-refractivity contribution in [2.75, 3.05) is 0 Å². The van der Waals surface area contributed by atoms with Crippen molar-refractivity contribution in [3.8, 4) is 11.5 Å². The van der Waals surface area contributed by atoms with Crippen LogP contribution in [0.15, 0.2) is 121 Å². The van der Waals surface area contributed by atoms with E-state index < -0.39 is 16.0 Å². The second kappa shape index (κ2) is 17.1. The Hall–Kier alpha value is -5.45. The van der Waals surface area contributed by atoms with E-state index in [0.29, 0.717) is 42.3 Å². The maximum atomic E-state index is 14.1. The Morgan fingerprint density at radius 3 is 0.907 bits per heavy atom. The van der Waals surface area contributed by atoms with E-state index in [1.54, 1.807) is 97.1 Å². The number of non-ortho nitro benzene ring substituents is 2. The molecule has 0 spiro atoms. The Morgan fingerprint density at radius 2 is 0.685 bits per heavy atom. The van der Waals surface area contributed by atoms with Crippen LogP contribution in [-0.4, -0.2) is 16.0 Å². The van der Waals surface area contributed by atoms with Gasteiger partial charge in [-0.2, -0.15) is 0 Å². The maximum Gasteiger partial charge on any atom is 0.519 e. The maximum absolute atomic E-state index is 14.1. The van der Waals surface area contributed by atoms with Crippen molar-refractivity contribution in [1.29, 1.82) is 0 Å². The number of hydrogen-bond acceptors (Lipinski definition) is 7. The van der Waals surface area contributed by atoms with Crippen LogP contribution in [-0.2, 0) is 25.7 Å². The minimum Gasteiger partial charge on any atom is -0.394 e. The van der Waals surface area contributed by atoms with Gasteiger partial charge in [-0.1, -0.05) is 119 Å². The summed E-state index contributed by atoms with van der Waals surface area (Å²) in [6, 6.07) is 33.1. The van der Waals surface area contributed by atoms with Crippen LogP contribution in [0.3, 0.4) is 0 Å². The molecule has 13 heteroatoms. The number of carbonyl (C=O) groups is 1. The highest BCUT2D eigenvalue weighted by molar-refractivity contribution is 6.32. The van der Waals surface area contributed by atoms with Crippen LogP contribution in [0.2, 0.25) is 20.1 Å². The van der Waals surface area contributed by atoms with Crippen molar-refractivity contribution >= 4 is 63.9 Å². The van der Waals surface area contributed by atoms with Crippen LogP contribution in [0.25, 0.3) is 0 Å². The lowest BCUT2D eigenvalue weighted by molar-refractivity contribution is -0.385. The third-order valence-corrected chi connectivity index (χ3v) is 10.1. The van der Waals surface area contributed by atoms with E-state index in [1.807, 2.05) is 0 Å². The molecule has 272 valence electrons. The molecule has 6 aromatic carbocycles. The summed E-state index contributed by atoms with van der Waals surface area (Å²) in [5.74, 6) is 0.0142. The molecule has 6 rings (SSSR count). The van der Waals surface area contributed by atoms with Gasteiger partial charge < -0.3 is 9.47 Å². The molecule has 0 N–H and O–H groups in total. The van der Waals surface area contributed by atoms with Gasteiger partial charge in [0.25, 0.3) is 11.4 Å². The molecule has 9 nitrogen and oxygen atoms in total. The highest BCUT2D eigenvalue weighted by atomic mass is 35.5. The van der Waals surface area contributed by atoms with Crippen LogP contribution in [0.5, 0.6) is 11.5 Å². The molecule has 0 saturated heterocycles. The summed E-state index contributed by atoms with van der Waals surface area (Å²) in [6.07, 6.45) is -0.947. The zero-order chi connectivity index (χ0) is 38.4. The van der Waals surface area contributed by atoms with Gasteiger partial charge in [-0.15, -0.1) is 0 Å². The predicted molar refractivity (Wildman–Crippen MR) is 210 cm³/mol. The molecular weight excluding hydrogens is 774 g/mol. The van der Waals surface area contributed by atoms with Gasteiger partial charge in [0, 0.05) is 92.3 Å². The lowest BCUT2D eigenvalue weighted by atomic mass is 9.96. The summed E-state index contributed by atoms with van der Waals surface area (Å²) in [5, 5.41) is 26.0. The Bertz CT molecular complexity index is 2100. The van der Waals surface area contributed by atoms with E-state index in [1.165, 1.54) is 24.3 Å². The monoisotopic (exact) mass is 800 g/mol. The molecule has 0 unspecified atom stereocenters. The van der Waals surface area contributed by atoms with E-state index in [9.17, 15) is 25.0 Å². The van der Waals surface area contributed by atoms with Crippen LogP contribution < -0.4 is 9.47 Å². The highest BCUT2D eigenvalue weighted by Gasteiger charge is 2.26. The van der Waals surface area contributed by atoms with Gasteiger partial charge in [-0.25, -0.2) is 4.79 Å². The first-order valence-corrected chi connectivity index (χ1v) is 17.9. The largest absolute Gasteiger partial charge is 0.519 e. The van der Waals surface area contributed by atoms with Crippen LogP contribution >= 0.6 is 46.4 Å². The minimum absolute atomic E-state index is 0.00709. The van der Waals surface area contributed by atoms with Gasteiger partial charge in [0.1, 0.15) is 11.5 Å². The summed E-state index contributed by atoms with van der Waals surface area (Å²) in [5.41, 5.74) is 3.17. The van der Waals surface area contributed by atoms with E-state index in [-0.39, 0.29) is 70.8 Å². The van der Waals surface area contributed by atoms with E-state index in [4.69, 9.17) is 55.9 Å². The lowest BCUT2D eigenvalue weighted by Crippen LogP contribution is -2.18. The first kappa shape index (κ1) is 38.3. The summed E-state index contributed by atoms with van der Waals surface area (Å²) in [4.78, 5) is 37.4. The summed E-state index contributed by atoms with van der Waals surface area (Å²) < 4.78 is 12.0. The predicted octanol–water partition coefficient (Wildman–Crippen LogP) is 12.1. The molecule has 0 amide bonds. The average Bonchev–Trinajstić information content (AvgIpc) is 3.14. The van der Waals surface area contributed by atoms with Gasteiger partial charge in [0.15, 0.2) is 0 Å². The molecule has 0 aliphatic heterocycles. The number of hydrogen-bond donors (Lipinski definition) is 0. The first-order valence-electron chi connectivity index (χ1n) is 16.4. The molecule has 0 atom stereocenters. The topological polar surface area (TPSA) is 122 Å². The zero-order valence-electron chi connectivity index (χ0n) is 28.1. The fourth-order valence-electron chi connectivity index (χ4n) is 6.05. The molecule has 0 aliphatic carbocycles. The van der Waals surface area contributed by atoms with Crippen molar-refractivity contribution in [3.63, 3.8) is 0 Å². The number of halogens is 4. The summed E-state index contributed by atoms with van der Waals surface area (Å²) >= 11 is 26.0. The second-order valence-corrected chi connectivity index (χ2v) is 13.9. The number of nitro benzene ring substituents is 2. The molecule has 0 radical (unpaired) electrons. The molecule has 0 heterocycles. The molecule has 0 bridgehead atoms. The SMILES string of the molecule is O=C(Oc1c(Cc2ccccc2Cl)cc([N+](=O)[O-])cc1Cc1ccccc1Cl)Oc1c(Cc2ccccc2Cl)cc([N+](=O)[O-])cc1Cc1ccccc1Cl. The van der Waals surface area contributed by atoms with E-state index in [2.05, 4.69) is 0 Å². The minimum atomic E-state index is -1.20. The van der Waals surface area contributed by atoms with Crippen LogP contribution in [0, 0.1) is 20.2 Å². The first-order chi connectivity index (χ1) is 26.0. The number of nitrogens with zero attached hydrogens (tertiary/aromatic N) is 2. The van der Waals surface area contributed by atoms with Gasteiger partial charge in [0.05, 0.1) is 9.85 Å². The Labute approximate surface area is 329 Å². The van der Waals surface area contributed by atoms with Gasteiger partial charge >= 0.3 is 6.16 Å². The Kier molecular flexibility index (Phi) is 12.1. The van der Waals surface area contributed by atoms with Crippen LogP contribution in [0.4, 0.5) is 16.2 Å². The fraction of sp³-hybridized carbons (Fsp3) is 0.0976. The smallest absolute Gasteiger partial charge is 0.394 e. The average molecular weight is 802 g/mol. The van der Waals surface area contributed by atoms with Crippen molar-refractivity contribution in [3.05, 3.63) is 206 Å². The van der Waals surface area contributed by atoms with E-state index in [0.717, 1.165) is 0 Å². The Balaban J connectivity index is 1.48. The number of benzene rings is 6. The molecule has 6 aromatic rings. The molecule has 0 fully saturated rings. The molecular formula is C41H28Cl4N2O7. The summed E-state index contributed by atoms with van der Waals surface area (Å²) in [6.45, 7) is 0. The number of nitro groups is 2.